The van der Waals surface area contributed by atoms with Crippen molar-refractivity contribution in [1.82, 2.24) is 9.97 Å². The molecule has 1 aromatic heterocycles. The van der Waals surface area contributed by atoms with Crippen LogP contribution in [0, 0.1) is 0 Å². The zero-order valence-electron chi connectivity index (χ0n) is 12.3. The normalized spacial score (nSPS) is 10.8. The van der Waals surface area contributed by atoms with Crippen LogP contribution in [0.3, 0.4) is 0 Å². The van der Waals surface area contributed by atoms with Crippen LogP contribution in [0.2, 0.25) is 5.15 Å². The highest BCUT2D eigenvalue weighted by Crippen LogP contribution is 2.12. The summed E-state index contributed by atoms with van der Waals surface area (Å²) >= 11 is 5.95. The number of hydrogen-bond donors (Lipinski definition) is 1. The van der Waals surface area contributed by atoms with Gasteiger partial charge in [0, 0.05) is 32.4 Å². The highest BCUT2D eigenvalue weighted by molar-refractivity contribution is 6.29. The maximum absolute atomic E-state index is 5.95. The second kappa shape index (κ2) is 10.8. The molecule has 0 aliphatic heterocycles. The Labute approximate surface area is 126 Å². The van der Waals surface area contributed by atoms with E-state index in [4.69, 9.17) is 21.1 Å². The lowest BCUT2D eigenvalue weighted by Crippen LogP contribution is -2.09. The number of rotatable bonds is 11. The average molecular weight is 302 g/mol. The van der Waals surface area contributed by atoms with Crippen molar-refractivity contribution in [2.75, 3.05) is 31.7 Å². The third kappa shape index (κ3) is 7.62. The summed E-state index contributed by atoms with van der Waals surface area (Å²) < 4.78 is 10.8. The van der Waals surface area contributed by atoms with E-state index in [0.717, 1.165) is 38.4 Å². The van der Waals surface area contributed by atoms with Crippen LogP contribution in [-0.2, 0) is 16.1 Å². The average Bonchev–Trinajstić information content (AvgIpc) is 2.43. The van der Waals surface area contributed by atoms with Gasteiger partial charge in [0.25, 0.3) is 0 Å². The first-order valence-corrected chi connectivity index (χ1v) is 7.56. The zero-order chi connectivity index (χ0) is 14.6. The Kier molecular flexibility index (Phi) is 9.28. The molecular weight excluding hydrogens is 278 g/mol. The topological polar surface area (TPSA) is 56.3 Å². The lowest BCUT2D eigenvalue weighted by atomic mass is 10.3. The summed E-state index contributed by atoms with van der Waals surface area (Å²) in [6.07, 6.45) is 3.22. The third-order valence-electron chi connectivity index (χ3n) is 2.59. The number of unbranched alkanes of at least 4 members (excludes halogenated alkanes) is 1. The van der Waals surface area contributed by atoms with Crippen LogP contribution in [-0.4, -0.2) is 36.3 Å². The second-order valence-electron chi connectivity index (χ2n) is 4.38. The Bertz CT molecular complexity index is 377. The third-order valence-corrected chi connectivity index (χ3v) is 2.78. The van der Waals surface area contributed by atoms with Crippen molar-refractivity contribution in [2.45, 2.75) is 39.7 Å². The second-order valence-corrected chi connectivity index (χ2v) is 4.76. The molecule has 0 fully saturated rings. The van der Waals surface area contributed by atoms with Gasteiger partial charge < -0.3 is 14.8 Å². The maximum Gasteiger partial charge on any atom is 0.158 e. The van der Waals surface area contributed by atoms with Gasteiger partial charge in [0.15, 0.2) is 5.82 Å². The molecule has 1 heterocycles. The minimum atomic E-state index is 0.381. The van der Waals surface area contributed by atoms with Crippen molar-refractivity contribution < 1.29 is 9.47 Å². The standard InChI is InChI=1S/C14H24ClN3O2/c1-3-5-8-20-9-6-7-16-13-10-12(15)17-14(18-13)11-19-4-2/h10H,3-9,11H2,1-2H3,(H,16,17,18). The first-order chi connectivity index (χ1) is 9.76. The molecule has 0 aliphatic carbocycles. The van der Waals surface area contributed by atoms with E-state index in [1.54, 1.807) is 6.07 Å². The fraction of sp³-hybridized carbons (Fsp3) is 0.714. The Morgan fingerprint density at radius 3 is 2.70 bits per heavy atom. The first kappa shape index (κ1) is 17.1. The van der Waals surface area contributed by atoms with E-state index in [9.17, 15) is 0 Å². The van der Waals surface area contributed by atoms with Gasteiger partial charge in [-0.15, -0.1) is 0 Å². The van der Waals surface area contributed by atoms with Crippen molar-refractivity contribution in [2.24, 2.45) is 0 Å². The lowest BCUT2D eigenvalue weighted by molar-refractivity contribution is 0.128. The summed E-state index contributed by atoms with van der Waals surface area (Å²) in [6, 6.07) is 1.72. The van der Waals surface area contributed by atoms with Gasteiger partial charge in [0.1, 0.15) is 17.6 Å². The van der Waals surface area contributed by atoms with Crippen LogP contribution in [0.5, 0.6) is 0 Å². The summed E-state index contributed by atoms with van der Waals surface area (Å²) in [5.41, 5.74) is 0. The molecule has 0 saturated carbocycles. The van der Waals surface area contributed by atoms with Crippen LogP contribution in [0.15, 0.2) is 6.07 Å². The molecule has 0 amide bonds. The van der Waals surface area contributed by atoms with Crippen molar-refractivity contribution >= 4 is 17.4 Å². The molecule has 1 aromatic rings. The highest BCUT2D eigenvalue weighted by atomic mass is 35.5. The summed E-state index contributed by atoms with van der Waals surface area (Å²) in [6.45, 7) is 7.50. The molecule has 0 bridgehead atoms. The maximum atomic E-state index is 5.95. The smallest absolute Gasteiger partial charge is 0.158 e. The predicted molar refractivity (Wildman–Crippen MR) is 81.2 cm³/mol. The molecule has 5 nitrogen and oxygen atoms in total. The van der Waals surface area contributed by atoms with Crippen molar-refractivity contribution in [3.63, 3.8) is 0 Å². The fourth-order valence-corrected chi connectivity index (χ4v) is 1.75. The van der Waals surface area contributed by atoms with Gasteiger partial charge in [0.05, 0.1) is 0 Å². The fourth-order valence-electron chi connectivity index (χ4n) is 1.55. The van der Waals surface area contributed by atoms with Crippen LogP contribution < -0.4 is 5.32 Å². The van der Waals surface area contributed by atoms with Gasteiger partial charge in [-0.3, -0.25) is 0 Å². The number of halogens is 1. The molecule has 0 radical (unpaired) electrons. The number of hydrogen-bond acceptors (Lipinski definition) is 5. The zero-order valence-corrected chi connectivity index (χ0v) is 13.1. The number of nitrogens with one attached hydrogen (secondary N) is 1. The number of nitrogens with zero attached hydrogens (tertiary/aromatic N) is 2. The van der Waals surface area contributed by atoms with Gasteiger partial charge in [-0.25, -0.2) is 9.97 Å². The molecule has 1 N–H and O–H groups in total. The van der Waals surface area contributed by atoms with E-state index < -0.39 is 0 Å². The van der Waals surface area contributed by atoms with E-state index in [1.165, 1.54) is 6.42 Å². The molecule has 20 heavy (non-hydrogen) atoms. The van der Waals surface area contributed by atoms with Gasteiger partial charge in [-0.2, -0.15) is 0 Å². The van der Waals surface area contributed by atoms with E-state index >= 15 is 0 Å². The van der Waals surface area contributed by atoms with Crippen LogP contribution >= 0.6 is 11.6 Å². The summed E-state index contributed by atoms with van der Waals surface area (Å²) in [4.78, 5) is 8.46. The monoisotopic (exact) mass is 301 g/mol. The van der Waals surface area contributed by atoms with Crippen LogP contribution in [0.4, 0.5) is 5.82 Å². The SMILES string of the molecule is CCCCOCCCNc1cc(Cl)nc(COCC)n1. The van der Waals surface area contributed by atoms with E-state index in [2.05, 4.69) is 22.2 Å². The molecule has 0 aliphatic rings. The molecule has 6 heteroatoms. The minimum absolute atomic E-state index is 0.381. The van der Waals surface area contributed by atoms with Gasteiger partial charge in [-0.1, -0.05) is 24.9 Å². The highest BCUT2D eigenvalue weighted by Gasteiger charge is 2.03. The minimum Gasteiger partial charge on any atom is -0.381 e. The quantitative estimate of drug-likeness (QED) is 0.502. The number of ether oxygens (including phenoxy) is 2. The summed E-state index contributed by atoms with van der Waals surface area (Å²) in [7, 11) is 0. The molecule has 114 valence electrons. The summed E-state index contributed by atoms with van der Waals surface area (Å²) in [5, 5.41) is 3.65. The van der Waals surface area contributed by atoms with E-state index in [0.29, 0.717) is 24.2 Å². The lowest BCUT2D eigenvalue weighted by Gasteiger charge is -2.08. The number of anilines is 1. The van der Waals surface area contributed by atoms with E-state index in [-0.39, 0.29) is 0 Å². The molecule has 0 unspecified atom stereocenters. The van der Waals surface area contributed by atoms with Crippen molar-refractivity contribution in [1.29, 1.82) is 0 Å². The van der Waals surface area contributed by atoms with Gasteiger partial charge in [-0.05, 0) is 19.8 Å². The van der Waals surface area contributed by atoms with Crippen LogP contribution in [0.1, 0.15) is 38.9 Å². The predicted octanol–water partition coefficient (Wildman–Crippen LogP) is 3.29. The molecule has 1 rings (SSSR count). The van der Waals surface area contributed by atoms with Gasteiger partial charge >= 0.3 is 0 Å². The van der Waals surface area contributed by atoms with Crippen molar-refractivity contribution in [3.05, 3.63) is 17.0 Å². The Morgan fingerprint density at radius 1 is 1.15 bits per heavy atom. The van der Waals surface area contributed by atoms with E-state index in [1.807, 2.05) is 6.92 Å². The Morgan fingerprint density at radius 2 is 1.95 bits per heavy atom. The molecule has 0 aromatic carbocycles. The first-order valence-electron chi connectivity index (χ1n) is 7.19. The summed E-state index contributed by atoms with van der Waals surface area (Å²) in [5.74, 6) is 1.33. The molecular formula is C14H24ClN3O2. The Balaban J connectivity index is 2.26. The Hall–Kier alpha value is -0.910. The van der Waals surface area contributed by atoms with Gasteiger partial charge in [0.2, 0.25) is 0 Å². The van der Waals surface area contributed by atoms with Crippen LogP contribution in [0.25, 0.3) is 0 Å². The van der Waals surface area contributed by atoms with Crippen molar-refractivity contribution in [3.8, 4) is 0 Å². The number of aromatic nitrogens is 2. The molecule has 0 spiro atoms. The molecule has 0 atom stereocenters. The largest absolute Gasteiger partial charge is 0.381 e. The molecule has 0 saturated heterocycles.